The zero-order chi connectivity index (χ0) is 14.6. The molecule has 5 nitrogen and oxygen atoms in total. The lowest BCUT2D eigenvalue weighted by Gasteiger charge is -2.31. The van der Waals surface area contributed by atoms with Gasteiger partial charge < -0.3 is 5.32 Å². The molecule has 2 rings (SSSR count). The third-order valence-electron chi connectivity index (χ3n) is 3.76. The van der Waals surface area contributed by atoms with E-state index in [0.29, 0.717) is 31.2 Å². The van der Waals surface area contributed by atoms with Crippen LogP contribution in [0, 0.1) is 5.92 Å². The van der Waals surface area contributed by atoms with E-state index in [0.717, 1.165) is 12.8 Å². The van der Waals surface area contributed by atoms with Gasteiger partial charge in [-0.15, -0.1) is 0 Å². The molecule has 1 saturated carbocycles. The minimum absolute atomic E-state index is 0.142. The van der Waals surface area contributed by atoms with Gasteiger partial charge in [-0.2, -0.15) is 4.31 Å². The standard InChI is InChI=1S/C14H23N3O2S/c1-3-15-13-9-6-10-16-14(13)20(18,19)17(4-2)11-12-7-5-8-12/h6,9-10,12,15H,3-5,7-8,11H2,1-2H3. The molecule has 0 radical (unpaired) electrons. The first-order valence-corrected chi connectivity index (χ1v) is 8.72. The number of hydrogen-bond donors (Lipinski definition) is 1. The maximum atomic E-state index is 12.8. The molecule has 0 aromatic carbocycles. The van der Waals surface area contributed by atoms with E-state index >= 15 is 0 Å². The van der Waals surface area contributed by atoms with E-state index in [2.05, 4.69) is 10.3 Å². The number of nitrogens with one attached hydrogen (secondary N) is 1. The molecule has 0 aliphatic heterocycles. The topological polar surface area (TPSA) is 62.3 Å². The van der Waals surface area contributed by atoms with Gasteiger partial charge in [0.05, 0.1) is 5.69 Å². The maximum Gasteiger partial charge on any atom is 0.262 e. The van der Waals surface area contributed by atoms with Gasteiger partial charge in [-0.05, 0) is 37.8 Å². The van der Waals surface area contributed by atoms with Gasteiger partial charge >= 0.3 is 0 Å². The van der Waals surface area contributed by atoms with Crippen LogP contribution in [-0.2, 0) is 10.0 Å². The van der Waals surface area contributed by atoms with Gasteiger partial charge in [0.2, 0.25) is 0 Å². The van der Waals surface area contributed by atoms with E-state index in [4.69, 9.17) is 0 Å². The molecule has 1 heterocycles. The van der Waals surface area contributed by atoms with Crippen molar-refractivity contribution in [3.63, 3.8) is 0 Å². The Labute approximate surface area is 121 Å². The van der Waals surface area contributed by atoms with Crippen LogP contribution >= 0.6 is 0 Å². The third kappa shape index (κ3) is 3.12. The van der Waals surface area contributed by atoms with Crippen LogP contribution in [0.5, 0.6) is 0 Å². The minimum atomic E-state index is -3.52. The Morgan fingerprint density at radius 2 is 2.15 bits per heavy atom. The summed E-state index contributed by atoms with van der Waals surface area (Å²) in [5.41, 5.74) is 0.585. The summed E-state index contributed by atoms with van der Waals surface area (Å²) in [5.74, 6) is 0.510. The van der Waals surface area contributed by atoms with Crippen LogP contribution < -0.4 is 5.32 Å². The lowest BCUT2D eigenvalue weighted by molar-refractivity contribution is 0.249. The lowest BCUT2D eigenvalue weighted by Crippen LogP contribution is -2.37. The molecule has 0 bridgehead atoms. The van der Waals surface area contributed by atoms with Gasteiger partial charge in [0.15, 0.2) is 5.03 Å². The van der Waals surface area contributed by atoms with E-state index in [1.54, 1.807) is 16.4 Å². The molecule has 0 atom stereocenters. The van der Waals surface area contributed by atoms with Crippen LogP contribution in [0.2, 0.25) is 0 Å². The molecule has 0 spiro atoms. The van der Waals surface area contributed by atoms with Crippen molar-refractivity contribution in [2.24, 2.45) is 5.92 Å². The summed E-state index contributed by atoms with van der Waals surface area (Å²) in [6.45, 7) is 5.59. The number of anilines is 1. The van der Waals surface area contributed by atoms with Crippen LogP contribution in [0.3, 0.4) is 0 Å². The number of sulfonamides is 1. The SMILES string of the molecule is CCNc1cccnc1S(=O)(=O)N(CC)CC1CCC1. The monoisotopic (exact) mass is 297 g/mol. The first-order chi connectivity index (χ1) is 9.59. The van der Waals surface area contributed by atoms with E-state index in [-0.39, 0.29) is 5.03 Å². The van der Waals surface area contributed by atoms with Crippen molar-refractivity contribution < 1.29 is 8.42 Å². The normalized spacial score (nSPS) is 16.1. The van der Waals surface area contributed by atoms with Crippen LogP contribution in [0.1, 0.15) is 33.1 Å². The number of nitrogens with zero attached hydrogens (tertiary/aromatic N) is 2. The summed E-state index contributed by atoms with van der Waals surface area (Å²) in [5, 5.41) is 3.22. The number of pyridine rings is 1. The average molecular weight is 297 g/mol. The zero-order valence-electron chi connectivity index (χ0n) is 12.2. The predicted molar refractivity (Wildman–Crippen MR) is 80.2 cm³/mol. The molecule has 0 unspecified atom stereocenters. The summed E-state index contributed by atoms with van der Waals surface area (Å²) in [4.78, 5) is 4.10. The molecule has 6 heteroatoms. The fraction of sp³-hybridized carbons (Fsp3) is 0.643. The molecule has 1 N–H and O–H groups in total. The Balaban J connectivity index is 2.27. The molecular formula is C14H23N3O2S. The van der Waals surface area contributed by atoms with Gasteiger partial charge in [0.25, 0.3) is 10.0 Å². The fourth-order valence-corrected chi connectivity index (χ4v) is 4.01. The molecule has 1 aromatic rings. The highest BCUT2D eigenvalue weighted by Gasteiger charge is 2.30. The summed E-state index contributed by atoms with van der Waals surface area (Å²) in [6, 6.07) is 3.51. The van der Waals surface area contributed by atoms with Crippen LogP contribution in [0.25, 0.3) is 0 Å². The predicted octanol–water partition coefficient (Wildman–Crippen LogP) is 2.32. The second kappa shape index (κ2) is 6.54. The van der Waals surface area contributed by atoms with Gasteiger partial charge in [-0.1, -0.05) is 13.3 Å². The first-order valence-electron chi connectivity index (χ1n) is 7.28. The fourth-order valence-electron chi connectivity index (χ4n) is 2.40. The Morgan fingerprint density at radius 1 is 1.40 bits per heavy atom. The summed E-state index contributed by atoms with van der Waals surface area (Å²) in [6.07, 6.45) is 5.02. The Bertz CT molecular complexity index is 541. The van der Waals surface area contributed by atoms with Crippen LogP contribution in [0.15, 0.2) is 23.4 Å². The molecule has 20 heavy (non-hydrogen) atoms. The van der Waals surface area contributed by atoms with Gasteiger partial charge in [-0.3, -0.25) is 0 Å². The quantitative estimate of drug-likeness (QED) is 0.839. The highest BCUT2D eigenvalue weighted by Crippen LogP contribution is 2.30. The number of rotatable bonds is 7. The van der Waals surface area contributed by atoms with Crippen molar-refractivity contribution in [1.82, 2.24) is 9.29 Å². The lowest BCUT2D eigenvalue weighted by atomic mass is 9.85. The molecule has 1 aliphatic carbocycles. The Kier molecular flexibility index (Phi) is 4.99. The second-order valence-electron chi connectivity index (χ2n) is 5.14. The molecule has 1 aromatic heterocycles. The highest BCUT2D eigenvalue weighted by atomic mass is 32.2. The summed E-state index contributed by atoms with van der Waals surface area (Å²) >= 11 is 0. The molecule has 1 fully saturated rings. The summed E-state index contributed by atoms with van der Waals surface area (Å²) in [7, 11) is -3.52. The number of aromatic nitrogens is 1. The second-order valence-corrected chi connectivity index (χ2v) is 6.99. The molecular weight excluding hydrogens is 274 g/mol. The van der Waals surface area contributed by atoms with E-state index in [9.17, 15) is 8.42 Å². The van der Waals surface area contributed by atoms with E-state index < -0.39 is 10.0 Å². The van der Waals surface area contributed by atoms with E-state index in [1.165, 1.54) is 12.6 Å². The Morgan fingerprint density at radius 3 is 2.70 bits per heavy atom. The number of hydrogen-bond acceptors (Lipinski definition) is 4. The van der Waals surface area contributed by atoms with Crippen molar-refractivity contribution >= 4 is 15.7 Å². The van der Waals surface area contributed by atoms with Crippen molar-refractivity contribution in [3.8, 4) is 0 Å². The highest BCUT2D eigenvalue weighted by molar-refractivity contribution is 7.89. The van der Waals surface area contributed by atoms with Gasteiger partial charge in [0, 0.05) is 25.8 Å². The Hall–Kier alpha value is -1.14. The molecule has 112 valence electrons. The zero-order valence-corrected chi connectivity index (χ0v) is 13.0. The smallest absolute Gasteiger partial charge is 0.262 e. The third-order valence-corrected chi connectivity index (χ3v) is 5.66. The summed E-state index contributed by atoms with van der Waals surface area (Å²) < 4.78 is 27.1. The van der Waals surface area contributed by atoms with Crippen LogP contribution in [0.4, 0.5) is 5.69 Å². The molecule has 1 aliphatic rings. The molecule has 0 amide bonds. The average Bonchev–Trinajstić information content (AvgIpc) is 2.38. The van der Waals surface area contributed by atoms with Crippen molar-refractivity contribution in [2.45, 2.75) is 38.1 Å². The van der Waals surface area contributed by atoms with E-state index in [1.807, 2.05) is 13.8 Å². The largest absolute Gasteiger partial charge is 0.383 e. The van der Waals surface area contributed by atoms with Crippen molar-refractivity contribution in [1.29, 1.82) is 0 Å². The van der Waals surface area contributed by atoms with Crippen molar-refractivity contribution in [3.05, 3.63) is 18.3 Å². The van der Waals surface area contributed by atoms with Crippen molar-refractivity contribution in [2.75, 3.05) is 25.0 Å². The molecule has 0 saturated heterocycles. The van der Waals surface area contributed by atoms with Crippen LogP contribution in [-0.4, -0.2) is 37.3 Å². The minimum Gasteiger partial charge on any atom is -0.383 e. The maximum absolute atomic E-state index is 12.8. The van der Waals surface area contributed by atoms with Gasteiger partial charge in [-0.25, -0.2) is 13.4 Å². The first kappa shape index (κ1) is 15.3. The van der Waals surface area contributed by atoms with Gasteiger partial charge in [0.1, 0.15) is 0 Å².